The number of rotatable bonds is 4. The summed E-state index contributed by atoms with van der Waals surface area (Å²) >= 11 is 0. The minimum atomic E-state index is -1.97. The van der Waals surface area contributed by atoms with Crippen molar-refractivity contribution in [2.24, 2.45) is 0 Å². The summed E-state index contributed by atoms with van der Waals surface area (Å²) in [6.45, 7) is 0.540. The van der Waals surface area contributed by atoms with Crippen LogP contribution in [0.15, 0.2) is 39.5 Å². The van der Waals surface area contributed by atoms with E-state index in [1.165, 1.54) is 31.2 Å². The molecule has 0 amide bonds. The van der Waals surface area contributed by atoms with Gasteiger partial charge in [-0.25, -0.2) is 0 Å². The molecule has 0 aliphatic carbocycles. The average molecular weight is 579 g/mol. The summed E-state index contributed by atoms with van der Waals surface area (Å²) in [5.74, 6) is -2.01. The lowest BCUT2D eigenvalue weighted by Crippen LogP contribution is -2.55. The first-order valence-electron chi connectivity index (χ1n) is 12.7. The minimum Gasteiger partial charge on any atom is -0.508 e. The van der Waals surface area contributed by atoms with Gasteiger partial charge in [0.2, 0.25) is 0 Å². The summed E-state index contributed by atoms with van der Waals surface area (Å²) in [5, 5.41) is 104. The lowest BCUT2D eigenvalue weighted by molar-refractivity contribution is -0.232. The maximum Gasteiger partial charge on any atom is 0.197 e. The molecule has 10 atom stereocenters. The Labute approximate surface area is 231 Å². The molecule has 0 bridgehead atoms. The van der Waals surface area contributed by atoms with Crippen molar-refractivity contribution in [1.82, 2.24) is 0 Å². The molecule has 2 aliphatic heterocycles. The Morgan fingerprint density at radius 1 is 0.732 bits per heavy atom. The molecule has 5 unspecified atom stereocenters. The van der Waals surface area contributed by atoms with Crippen LogP contribution in [0.5, 0.6) is 17.2 Å². The van der Waals surface area contributed by atoms with Crippen LogP contribution in [0.4, 0.5) is 0 Å². The first-order chi connectivity index (χ1) is 19.4. The van der Waals surface area contributed by atoms with E-state index in [-0.39, 0.29) is 11.5 Å². The molecule has 0 spiro atoms. The molecule has 0 saturated carbocycles. The topological polar surface area (TPSA) is 251 Å². The molecular formula is C27H30O14. The molecule has 1 aromatic heterocycles. The molecule has 14 nitrogen and oxygen atoms in total. The quantitative estimate of drug-likeness (QED) is 0.172. The van der Waals surface area contributed by atoms with E-state index >= 15 is 0 Å². The number of aliphatic hydroxyl groups is 7. The third kappa shape index (κ3) is 4.72. The highest BCUT2D eigenvalue weighted by Gasteiger charge is 2.49. The Balaban J connectivity index is 1.82. The van der Waals surface area contributed by atoms with Gasteiger partial charge in [-0.3, -0.25) is 4.79 Å². The normalized spacial score (nSPS) is 34.1. The second-order valence-electron chi connectivity index (χ2n) is 10.2. The number of aromatic hydroxyl groups is 3. The van der Waals surface area contributed by atoms with E-state index in [0.29, 0.717) is 5.56 Å². The van der Waals surface area contributed by atoms with Gasteiger partial charge in [-0.2, -0.15) is 0 Å². The van der Waals surface area contributed by atoms with E-state index in [1.54, 1.807) is 0 Å². The molecule has 2 fully saturated rings. The molecule has 0 radical (unpaired) electrons. The van der Waals surface area contributed by atoms with Crippen LogP contribution in [0, 0.1) is 0 Å². The largest absolute Gasteiger partial charge is 0.508 e. The van der Waals surface area contributed by atoms with Crippen LogP contribution in [0.1, 0.15) is 30.3 Å². The second kappa shape index (κ2) is 10.8. The van der Waals surface area contributed by atoms with Gasteiger partial charge in [0.1, 0.15) is 83.3 Å². The van der Waals surface area contributed by atoms with E-state index in [2.05, 4.69) is 0 Å². The van der Waals surface area contributed by atoms with Gasteiger partial charge in [0.15, 0.2) is 11.0 Å². The number of phenolic OH excluding ortho intramolecular Hbond substituents is 3. The molecule has 41 heavy (non-hydrogen) atoms. The fourth-order valence-corrected chi connectivity index (χ4v) is 5.34. The minimum absolute atomic E-state index is 0.0774. The Morgan fingerprint density at radius 2 is 1.32 bits per heavy atom. The zero-order chi connectivity index (χ0) is 29.9. The van der Waals surface area contributed by atoms with Crippen LogP contribution in [0.25, 0.3) is 22.3 Å². The van der Waals surface area contributed by atoms with Gasteiger partial charge in [-0.15, -0.1) is 0 Å². The van der Waals surface area contributed by atoms with Crippen molar-refractivity contribution in [2.75, 3.05) is 6.61 Å². The number of phenols is 3. The van der Waals surface area contributed by atoms with Crippen molar-refractivity contribution in [3.63, 3.8) is 0 Å². The molecule has 2 saturated heterocycles. The summed E-state index contributed by atoms with van der Waals surface area (Å²) in [6.07, 6.45) is -16.9. The average Bonchev–Trinajstić information content (AvgIpc) is 2.94. The fourth-order valence-electron chi connectivity index (χ4n) is 5.34. The maximum absolute atomic E-state index is 13.4. The smallest absolute Gasteiger partial charge is 0.197 e. The fraction of sp³-hybridized carbons (Fsp3) is 0.444. The summed E-state index contributed by atoms with van der Waals surface area (Å²) in [7, 11) is 0. The first kappa shape index (κ1) is 29.2. The van der Waals surface area contributed by atoms with E-state index in [0.717, 1.165) is 6.07 Å². The van der Waals surface area contributed by atoms with Gasteiger partial charge >= 0.3 is 0 Å². The number of ether oxygens (including phenoxy) is 2. The van der Waals surface area contributed by atoms with E-state index in [4.69, 9.17) is 13.9 Å². The van der Waals surface area contributed by atoms with Crippen LogP contribution < -0.4 is 5.43 Å². The molecule has 14 heteroatoms. The number of fused-ring (bicyclic) bond motifs is 1. The summed E-state index contributed by atoms with van der Waals surface area (Å²) in [5.41, 5.74) is -2.20. The summed E-state index contributed by atoms with van der Waals surface area (Å²) in [6, 6.07) is 6.48. The van der Waals surface area contributed by atoms with Gasteiger partial charge in [-0.1, -0.05) is 0 Å². The van der Waals surface area contributed by atoms with Gasteiger partial charge in [-0.05, 0) is 31.2 Å². The number of aliphatic hydroxyl groups excluding tert-OH is 7. The van der Waals surface area contributed by atoms with E-state index < -0.39 is 107 Å². The van der Waals surface area contributed by atoms with Crippen molar-refractivity contribution < 1.29 is 65.0 Å². The molecule has 2 aromatic carbocycles. The van der Waals surface area contributed by atoms with Crippen LogP contribution in [0.2, 0.25) is 0 Å². The Kier molecular flexibility index (Phi) is 7.71. The highest BCUT2D eigenvalue weighted by molar-refractivity contribution is 5.92. The Morgan fingerprint density at radius 3 is 1.93 bits per heavy atom. The van der Waals surface area contributed by atoms with Gasteiger partial charge in [0.05, 0.1) is 23.8 Å². The highest BCUT2D eigenvalue weighted by Crippen LogP contribution is 2.50. The zero-order valence-electron chi connectivity index (χ0n) is 21.5. The standard InChI is InChI=1S/C27H30O14/c1-8-17(31)21(35)23(37)26(39-8)15-19(33)14-11(30)6-12(9-2-4-10(29)5-3-9)40-25(14)16(20(15)34)27-24(38)22(36)18(32)13(7-28)41-27/h2-6,8,13,17-18,21-24,26-29,31-38H,7H2,1H3/t8-,13?,17-,18?,21+,22?,23+,24?,26-,27?/m0/s1. The Bertz CT molecular complexity index is 1480. The van der Waals surface area contributed by atoms with E-state index in [9.17, 15) is 55.9 Å². The number of hydrogen-bond acceptors (Lipinski definition) is 14. The van der Waals surface area contributed by atoms with Gasteiger partial charge in [0.25, 0.3) is 0 Å². The molecule has 5 rings (SSSR count). The molecule has 3 aromatic rings. The van der Waals surface area contributed by atoms with Crippen molar-refractivity contribution in [2.45, 2.75) is 68.0 Å². The SMILES string of the molecule is C[C@@H]1O[C@@H](c2c(O)c(C3OC(CO)C(O)C(O)C3O)c3oc(-c4ccc(O)cc4)cc(=O)c3c2O)[C@H](O)[C@H](O)[C@H]1O. The summed E-state index contributed by atoms with van der Waals surface area (Å²) in [4.78, 5) is 13.4. The van der Waals surface area contributed by atoms with Crippen LogP contribution in [0.3, 0.4) is 0 Å². The number of hydrogen-bond donors (Lipinski definition) is 10. The van der Waals surface area contributed by atoms with Crippen molar-refractivity contribution in [3.05, 3.63) is 51.7 Å². The predicted molar refractivity (Wildman–Crippen MR) is 137 cm³/mol. The number of benzene rings is 2. The first-order valence-corrected chi connectivity index (χ1v) is 12.7. The van der Waals surface area contributed by atoms with Crippen LogP contribution in [-0.4, -0.2) is 107 Å². The van der Waals surface area contributed by atoms with Gasteiger partial charge < -0.3 is 65.0 Å². The molecule has 10 N–H and O–H groups in total. The highest BCUT2D eigenvalue weighted by atomic mass is 16.5. The third-order valence-electron chi connectivity index (χ3n) is 7.66. The predicted octanol–water partition coefficient (Wildman–Crippen LogP) is -1.37. The molecular weight excluding hydrogens is 548 g/mol. The Hall–Kier alpha value is -3.31. The lowest BCUT2D eigenvalue weighted by Gasteiger charge is -2.42. The van der Waals surface area contributed by atoms with Crippen LogP contribution >= 0.6 is 0 Å². The molecule has 3 heterocycles. The van der Waals surface area contributed by atoms with Crippen molar-refractivity contribution in [3.8, 4) is 28.6 Å². The molecule has 2 aliphatic rings. The maximum atomic E-state index is 13.4. The van der Waals surface area contributed by atoms with Crippen molar-refractivity contribution in [1.29, 1.82) is 0 Å². The second-order valence-corrected chi connectivity index (χ2v) is 10.2. The van der Waals surface area contributed by atoms with Gasteiger partial charge in [0, 0.05) is 11.6 Å². The molecule has 222 valence electrons. The van der Waals surface area contributed by atoms with Crippen LogP contribution in [-0.2, 0) is 9.47 Å². The third-order valence-corrected chi connectivity index (χ3v) is 7.66. The lowest BCUT2D eigenvalue weighted by atomic mass is 9.85. The monoisotopic (exact) mass is 578 g/mol. The summed E-state index contributed by atoms with van der Waals surface area (Å²) < 4.78 is 17.2. The van der Waals surface area contributed by atoms with Crippen molar-refractivity contribution >= 4 is 11.0 Å². The zero-order valence-corrected chi connectivity index (χ0v) is 21.5. The van der Waals surface area contributed by atoms with E-state index in [1.807, 2.05) is 0 Å².